The molecule has 1 aromatic heterocycles. The van der Waals surface area contributed by atoms with Gasteiger partial charge in [-0.3, -0.25) is 14.5 Å². The first kappa shape index (κ1) is 36.1. The van der Waals surface area contributed by atoms with Crippen LogP contribution in [-0.2, 0) is 20.7 Å². The number of aryl methyl sites for hydroxylation is 1. The molecule has 1 saturated heterocycles. The van der Waals surface area contributed by atoms with Crippen molar-refractivity contribution in [3.63, 3.8) is 0 Å². The summed E-state index contributed by atoms with van der Waals surface area (Å²) in [6.45, 7) is 7.56. The molecule has 4 aromatic rings. The van der Waals surface area contributed by atoms with Crippen molar-refractivity contribution >= 4 is 40.5 Å². The number of nitrogens with zero attached hydrogens (tertiary/aromatic N) is 7. The Bertz CT molecular complexity index is 1910. The number of likely N-dealkylation sites (N-methyl/N-ethyl adjacent to an activating group) is 1. The van der Waals surface area contributed by atoms with E-state index in [2.05, 4.69) is 33.7 Å². The smallest absolute Gasteiger partial charge is 0.467 e. The molecule has 1 atom stereocenters. The van der Waals surface area contributed by atoms with Gasteiger partial charge in [0.1, 0.15) is 18.2 Å². The minimum Gasteiger partial charge on any atom is -0.467 e. The number of amides is 2. The minimum absolute atomic E-state index is 0.0217. The van der Waals surface area contributed by atoms with Gasteiger partial charge in [-0.1, -0.05) is 62.0 Å². The maximum atomic E-state index is 13.1. The number of thioether (sulfide) groups is 1. The van der Waals surface area contributed by atoms with Crippen LogP contribution in [0.1, 0.15) is 43.4 Å². The number of anilines is 1. The Morgan fingerprint density at radius 2 is 1.78 bits per heavy atom. The first-order chi connectivity index (χ1) is 23.7. The number of carbonyl (C=O) groups excluding carboxylic acids is 2. The van der Waals surface area contributed by atoms with Crippen LogP contribution < -0.4 is 9.64 Å². The lowest BCUT2D eigenvalue weighted by Crippen LogP contribution is -2.37. The summed E-state index contributed by atoms with van der Waals surface area (Å²) < 4.78 is 48.4. The second-order valence-corrected chi connectivity index (χ2v) is 12.8. The lowest BCUT2D eigenvalue weighted by Gasteiger charge is -2.25. The molecule has 2 heterocycles. The van der Waals surface area contributed by atoms with E-state index in [-0.39, 0.29) is 35.3 Å². The summed E-state index contributed by atoms with van der Waals surface area (Å²) in [5.74, 6) is 0.164. The molecule has 1 fully saturated rings. The number of rotatable bonds is 9. The van der Waals surface area contributed by atoms with E-state index in [4.69, 9.17) is 9.73 Å². The van der Waals surface area contributed by atoms with Crippen molar-refractivity contribution in [3.8, 4) is 22.8 Å². The van der Waals surface area contributed by atoms with Crippen LogP contribution in [0.3, 0.4) is 0 Å². The highest BCUT2D eigenvalue weighted by molar-refractivity contribution is 8.15. The molecule has 0 aliphatic carbocycles. The number of carbonyl (C=O) groups is 2. The molecule has 0 spiro atoms. The van der Waals surface area contributed by atoms with Crippen LogP contribution in [0.2, 0.25) is 0 Å². The van der Waals surface area contributed by atoms with Crippen LogP contribution >= 0.6 is 11.8 Å². The van der Waals surface area contributed by atoms with Gasteiger partial charge in [0.15, 0.2) is 11.0 Å². The van der Waals surface area contributed by atoms with E-state index >= 15 is 0 Å². The third-order valence-corrected chi connectivity index (χ3v) is 8.77. The van der Waals surface area contributed by atoms with Gasteiger partial charge >= 0.3 is 12.4 Å². The van der Waals surface area contributed by atoms with Gasteiger partial charge in [-0.05, 0) is 59.9 Å². The summed E-state index contributed by atoms with van der Waals surface area (Å²) in [7, 11) is 3.09. The van der Waals surface area contributed by atoms with Crippen LogP contribution in [0.4, 0.5) is 18.9 Å². The van der Waals surface area contributed by atoms with Crippen LogP contribution in [0.15, 0.2) is 83.0 Å². The molecule has 0 bridgehead atoms. The fourth-order valence-corrected chi connectivity index (χ4v) is 6.01. The number of halogens is 3. The Hall–Kier alpha value is -5.18. The summed E-state index contributed by atoms with van der Waals surface area (Å²) in [5, 5.41) is 4.89. The first-order valence-corrected chi connectivity index (χ1v) is 16.6. The Labute approximate surface area is 291 Å². The van der Waals surface area contributed by atoms with Gasteiger partial charge in [0, 0.05) is 26.0 Å². The number of ether oxygens (including phenoxy) is 2. The van der Waals surface area contributed by atoms with E-state index < -0.39 is 12.5 Å². The number of benzene rings is 3. The fourth-order valence-electron chi connectivity index (χ4n) is 5.15. The Morgan fingerprint density at radius 1 is 1.08 bits per heavy atom. The molecule has 1 aliphatic rings. The van der Waals surface area contributed by atoms with Crippen LogP contribution in [0.5, 0.6) is 5.75 Å². The van der Waals surface area contributed by atoms with Crippen molar-refractivity contribution in [1.82, 2.24) is 19.7 Å². The third kappa shape index (κ3) is 8.69. The first-order valence-electron chi connectivity index (χ1n) is 15.6. The van der Waals surface area contributed by atoms with Crippen molar-refractivity contribution in [1.29, 1.82) is 0 Å². The molecule has 3 aromatic carbocycles. The topological polar surface area (TPSA) is 115 Å². The van der Waals surface area contributed by atoms with E-state index in [1.807, 2.05) is 49.4 Å². The maximum absolute atomic E-state index is 13.1. The molecule has 5 rings (SSSR count). The van der Waals surface area contributed by atoms with Crippen LogP contribution in [-0.4, -0.2) is 75.1 Å². The fraction of sp³-hybridized carbons (Fsp3) is 0.314. The standard InChI is InChI=1S/C35H36F3N7O4S/c1-21(2)28-16-7-22(3)17-29(28)45-31(47)19-50-34(45)41-33(48-6)40-30(43(5)23(4)46)18-24-8-10-25(11-9-24)32-39-20-44(42-32)26-12-14-27(15-13-26)49-35(36,37)38/h7-17,20-21,30H,18-19H2,1-6H3. The van der Waals surface area contributed by atoms with Crippen molar-refractivity contribution in [2.75, 3.05) is 24.8 Å². The predicted molar refractivity (Wildman–Crippen MR) is 187 cm³/mol. The van der Waals surface area contributed by atoms with E-state index in [0.717, 1.165) is 22.4 Å². The number of hydrogen-bond donors (Lipinski definition) is 0. The molecule has 15 heteroatoms. The predicted octanol–water partition coefficient (Wildman–Crippen LogP) is 6.75. The van der Waals surface area contributed by atoms with Gasteiger partial charge in [-0.2, -0.15) is 4.99 Å². The van der Waals surface area contributed by atoms with Crippen molar-refractivity contribution < 1.29 is 32.2 Å². The van der Waals surface area contributed by atoms with E-state index in [9.17, 15) is 22.8 Å². The van der Waals surface area contributed by atoms with Crippen LogP contribution in [0.25, 0.3) is 17.1 Å². The quantitative estimate of drug-likeness (QED) is 0.140. The number of methoxy groups -OCH3 is 1. The van der Waals surface area contributed by atoms with Gasteiger partial charge in [0.05, 0.1) is 24.2 Å². The number of hydrogen-bond acceptors (Lipinski definition) is 8. The molecule has 0 saturated carbocycles. The molecule has 2 amide bonds. The zero-order valence-corrected chi connectivity index (χ0v) is 29.1. The van der Waals surface area contributed by atoms with E-state index in [0.29, 0.717) is 28.7 Å². The lowest BCUT2D eigenvalue weighted by molar-refractivity contribution is -0.274. The molecule has 262 valence electrons. The van der Waals surface area contributed by atoms with Gasteiger partial charge in [0.2, 0.25) is 11.8 Å². The molecule has 50 heavy (non-hydrogen) atoms. The van der Waals surface area contributed by atoms with Gasteiger partial charge in [-0.25, -0.2) is 14.7 Å². The van der Waals surface area contributed by atoms with Gasteiger partial charge < -0.3 is 14.4 Å². The Morgan fingerprint density at radius 3 is 2.40 bits per heavy atom. The third-order valence-electron chi connectivity index (χ3n) is 7.85. The average Bonchev–Trinajstić information content (AvgIpc) is 3.70. The van der Waals surface area contributed by atoms with E-state index in [1.165, 1.54) is 66.0 Å². The molecule has 1 unspecified atom stereocenters. The summed E-state index contributed by atoms with van der Waals surface area (Å²) in [6, 6.07) is 18.7. The van der Waals surface area contributed by atoms with E-state index in [1.54, 1.807) is 11.9 Å². The SMILES string of the molecule is COC(=NC(Cc1ccc(-c2ncn(-c3ccc(OC(F)(F)F)cc3)n2)cc1)N(C)C(C)=O)N=C1SCC(=O)N1c1cc(C)ccc1C(C)C. The summed E-state index contributed by atoms with van der Waals surface area (Å²) in [5.41, 5.74) is 4.86. The summed E-state index contributed by atoms with van der Waals surface area (Å²) >= 11 is 1.30. The average molecular weight is 708 g/mol. The highest BCUT2D eigenvalue weighted by Crippen LogP contribution is 2.34. The number of amidine groups is 2. The van der Waals surface area contributed by atoms with Crippen molar-refractivity contribution in [3.05, 3.63) is 89.7 Å². The molecule has 0 radical (unpaired) electrons. The summed E-state index contributed by atoms with van der Waals surface area (Å²) in [6.07, 6.45) is -3.67. The molecular formula is C35H36F3N7O4S. The highest BCUT2D eigenvalue weighted by atomic mass is 32.2. The van der Waals surface area contributed by atoms with Crippen molar-refractivity contribution in [2.45, 2.75) is 52.6 Å². The number of alkyl halides is 3. The second-order valence-electron chi connectivity index (χ2n) is 11.8. The zero-order valence-electron chi connectivity index (χ0n) is 28.3. The molecule has 1 aliphatic heterocycles. The Balaban J connectivity index is 1.36. The summed E-state index contributed by atoms with van der Waals surface area (Å²) in [4.78, 5) is 42.4. The lowest BCUT2D eigenvalue weighted by atomic mass is 9.99. The second kappa shape index (κ2) is 15.2. The van der Waals surface area contributed by atoms with Crippen molar-refractivity contribution in [2.24, 2.45) is 9.98 Å². The number of aromatic nitrogens is 3. The minimum atomic E-state index is -4.78. The van der Waals surface area contributed by atoms with Gasteiger partial charge in [-0.15, -0.1) is 18.3 Å². The largest absolute Gasteiger partial charge is 0.573 e. The molecule has 0 N–H and O–H groups in total. The van der Waals surface area contributed by atoms with Gasteiger partial charge in [0.25, 0.3) is 0 Å². The van der Waals surface area contributed by atoms with Crippen LogP contribution in [0, 0.1) is 6.92 Å². The zero-order chi connectivity index (χ0) is 36.2. The number of aliphatic imine (C=N–C) groups is 2. The Kier molecular flexibility index (Phi) is 10.9. The molecule has 11 nitrogen and oxygen atoms in total. The molecular weight excluding hydrogens is 671 g/mol. The normalized spacial score (nSPS) is 15.2. The highest BCUT2D eigenvalue weighted by Gasteiger charge is 2.33. The maximum Gasteiger partial charge on any atom is 0.573 e. The monoisotopic (exact) mass is 707 g/mol.